The van der Waals surface area contributed by atoms with E-state index >= 15 is 0 Å². The minimum Gasteiger partial charge on any atom is -0.292 e. The number of thioether (sulfide) groups is 1. The van der Waals surface area contributed by atoms with Gasteiger partial charge in [0.05, 0.1) is 11.2 Å². The molecule has 4 nitrogen and oxygen atoms in total. The Labute approximate surface area is 114 Å². The van der Waals surface area contributed by atoms with E-state index in [1.165, 1.54) is 18.1 Å². The molecule has 5 heteroatoms. The third-order valence-electron chi connectivity index (χ3n) is 2.60. The Hall–Kier alpha value is -2.27. The first-order valence-electron chi connectivity index (χ1n) is 5.72. The van der Waals surface area contributed by atoms with Gasteiger partial charge in [-0.1, -0.05) is 24.3 Å². The number of pyridine rings is 1. The molecule has 0 fully saturated rings. The molecule has 0 radical (unpaired) electrons. The number of nitrogens with one attached hydrogen (secondary N) is 1. The normalized spacial score (nSPS) is 10.5. The number of benzene rings is 1. The molecule has 2 aromatic heterocycles. The molecule has 92 valence electrons. The molecule has 0 bridgehead atoms. The zero-order chi connectivity index (χ0) is 13.1. The van der Waals surface area contributed by atoms with E-state index < -0.39 is 0 Å². The largest absolute Gasteiger partial charge is 0.292 e. The lowest BCUT2D eigenvalue weighted by Gasteiger charge is -2.05. The molecule has 3 rings (SSSR count). The molecular weight excluding hydrogens is 256 g/mol. The molecule has 0 atom stereocenters. The number of rotatable bonds is 2. The van der Waals surface area contributed by atoms with Crippen LogP contribution in [-0.4, -0.2) is 20.0 Å². The second kappa shape index (κ2) is 5.16. The standard InChI is InChI=1S/C14H10N4S/c15-13(12-7-3-4-8-16-12)19-14-10-5-1-2-6-11(10)17-9-18-14/h1-9,15H. The molecule has 3 aromatic rings. The number of nitrogens with zero attached hydrogens (tertiary/aromatic N) is 3. The molecule has 0 aliphatic heterocycles. The highest BCUT2D eigenvalue weighted by atomic mass is 32.2. The molecule has 0 spiro atoms. The van der Waals surface area contributed by atoms with Crippen molar-refractivity contribution in [1.82, 2.24) is 15.0 Å². The lowest BCUT2D eigenvalue weighted by atomic mass is 10.2. The van der Waals surface area contributed by atoms with Crippen molar-refractivity contribution in [2.24, 2.45) is 0 Å². The molecule has 0 aliphatic carbocycles. The van der Waals surface area contributed by atoms with Crippen LogP contribution in [0.2, 0.25) is 0 Å². The summed E-state index contributed by atoms with van der Waals surface area (Å²) in [4.78, 5) is 12.6. The van der Waals surface area contributed by atoms with Crippen LogP contribution in [0, 0.1) is 5.41 Å². The Kier molecular flexibility index (Phi) is 3.20. The van der Waals surface area contributed by atoms with Crippen molar-refractivity contribution < 1.29 is 0 Å². The van der Waals surface area contributed by atoms with Crippen molar-refractivity contribution in [2.45, 2.75) is 5.03 Å². The fourth-order valence-corrected chi connectivity index (χ4v) is 2.51. The van der Waals surface area contributed by atoms with Gasteiger partial charge in [0.2, 0.25) is 0 Å². The van der Waals surface area contributed by atoms with Crippen LogP contribution in [0.1, 0.15) is 5.69 Å². The summed E-state index contributed by atoms with van der Waals surface area (Å²) in [6.45, 7) is 0. The van der Waals surface area contributed by atoms with Gasteiger partial charge in [-0.05, 0) is 30.0 Å². The molecule has 19 heavy (non-hydrogen) atoms. The van der Waals surface area contributed by atoms with E-state index in [9.17, 15) is 0 Å². The lowest BCUT2D eigenvalue weighted by molar-refractivity contribution is 1.10. The topological polar surface area (TPSA) is 62.5 Å². The Morgan fingerprint density at radius 2 is 1.79 bits per heavy atom. The number of fused-ring (bicyclic) bond motifs is 1. The minimum absolute atomic E-state index is 0.379. The van der Waals surface area contributed by atoms with Crippen LogP contribution in [0.3, 0.4) is 0 Å². The van der Waals surface area contributed by atoms with Crippen LogP contribution in [0.15, 0.2) is 60.0 Å². The Balaban J connectivity index is 1.96. The quantitative estimate of drug-likeness (QED) is 0.335. The highest BCUT2D eigenvalue weighted by Gasteiger charge is 2.09. The molecule has 0 amide bonds. The highest BCUT2D eigenvalue weighted by Crippen LogP contribution is 2.26. The summed E-state index contributed by atoms with van der Waals surface area (Å²) in [5.41, 5.74) is 1.53. The van der Waals surface area contributed by atoms with Gasteiger partial charge in [0.1, 0.15) is 16.4 Å². The molecule has 0 saturated heterocycles. The maximum Gasteiger partial charge on any atom is 0.119 e. The Bertz CT molecular complexity index is 722. The molecule has 0 saturated carbocycles. The summed E-state index contributed by atoms with van der Waals surface area (Å²) in [5, 5.41) is 10.2. The smallest absolute Gasteiger partial charge is 0.119 e. The van der Waals surface area contributed by atoms with E-state index in [0.717, 1.165) is 15.9 Å². The zero-order valence-corrected chi connectivity index (χ0v) is 10.8. The average molecular weight is 266 g/mol. The predicted octanol–water partition coefficient (Wildman–Crippen LogP) is 3.14. The lowest BCUT2D eigenvalue weighted by Crippen LogP contribution is -1.97. The van der Waals surface area contributed by atoms with Crippen molar-refractivity contribution in [3.63, 3.8) is 0 Å². The van der Waals surface area contributed by atoms with Crippen molar-refractivity contribution in [3.8, 4) is 0 Å². The van der Waals surface area contributed by atoms with Crippen molar-refractivity contribution in [3.05, 3.63) is 60.7 Å². The zero-order valence-electron chi connectivity index (χ0n) is 9.95. The molecule has 2 heterocycles. The van der Waals surface area contributed by atoms with Crippen LogP contribution < -0.4 is 0 Å². The average Bonchev–Trinajstić information content (AvgIpc) is 2.48. The van der Waals surface area contributed by atoms with Crippen molar-refractivity contribution in [2.75, 3.05) is 0 Å². The van der Waals surface area contributed by atoms with E-state index in [1.54, 1.807) is 6.20 Å². The fourth-order valence-electron chi connectivity index (χ4n) is 1.71. The summed E-state index contributed by atoms with van der Waals surface area (Å²) in [6.07, 6.45) is 3.21. The van der Waals surface area contributed by atoms with E-state index in [4.69, 9.17) is 5.41 Å². The van der Waals surface area contributed by atoms with Gasteiger partial charge in [-0.15, -0.1) is 0 Å². The Morgan fingerprint density at radius 1 is 0.947 bits per heavy atom. The van der Waals surface area contributed by atoms with E-state index in [-0.39, 0.29) is 0 Å². The SMILES string of the molecule is N=C(Sc1ncnc2ccccc12)c1ccccn1. The molecule has 0 aliphatic rings. The summed E-state index contributed by atoms with van der Waals surface area (Å²) in [6, 6.07) is 13.3. The van der Waals surface area contributed by atoms with Crippen molar-refractivity contribution in [1.29, 1.82) is 5.41 Å². The summed E-state index contributed by atoms with van der Waals surface area (Å²) in [7, 11) is 0. The van der Waals surface area contributed by atoms with Crippen LogP contribution >= 0.6 is 11.8 Å². The third-order valence-corrected chi connectivity index (χ3v) is 3.53. The van der Waals surface area contributed by atoms with Gasteiger partial charge in [0.25, 0.3) is 0 Å². The highest BCUT2D eigenvalue weighted by molar-refractivity contribution is 8.14. The second-order valence-corrected chi connectivity index (χ2v) is 4.84. The molecule has 1 N–H and O–H groups in total. The van der Waals surface area contributed by atoms with Crippen LogP contribution in [0.25, 0.3) is 10.9 Å². The maximum atomic E-state index is 8.08. The van der Waals surface area contributed by atoms with Crippen LogP contribution in [-0.2, 0) is 0 Å². The van der Waals surface area contributed by atoms with Gasteiger partial charge in [0, 0.05) is 11.6 Å². The van der Waals surface area contributed by atoms with Gasteiger partial charge in [-0.2, -0.15) is 0 Å². The fraction of sp³-hybridized carbons (Fsp3) is 0. The third kappa shape index (κ3) is 2.46. The molecule has 0 unspecified atom stereocenters. The number of hydrogen-bond donors (Lipinski definition) is 1. The Morgan fingerprint density at radius 3 is 2.63 bits per heavy atom. The van der Waals surface area contributed by atoms with Crippen molar-refractivity contribution >= 4 is 27.7 Å². The molecule has 1 aromatic carbocycles. The van der Waals surface area contributed by atoms with Gasteiger partial charge in [-0.25, -0.2) is 9.97 Å². The number of para-hydroxylation sites is 1. The second-order valence-electron chi connectivity index (χ2n) is 3.84. The van der Waals surface area contributed by atoms with Crippen LogP contribution in [0.5, 0.6) is 0 Å². The van der Waals surface area contributed by atoms with E-state index in [1.807, 2.05) is 42.5 Å². The van der Waals surface area contributed by atoms with Gasteiger partial charge < -0.3 is 0 Å². The maximum absolute atomic E-state index is 8.08. The summed E-state index contributed by atoms with van der Waals surface area (Å²) < 4.78 is 0. The van der Waals surface area contributed by atoms with E-state index in [0.29, 0.717) is 10.7 Å². The van der Waals surface area contributed by atoms with E-state index in [2.05, 4.69) is 15.0 Å². The number of hydrogen-bond acceptors (Lipinski definition) is 5. The first-order valence-corrected chi connectivity index (χ1v) is 6.54. The predicted molar refractivity (Wildman–Crippen MR) is 76.5 cm³/mol. The summed E-state index contributed by atoms with van der Waals surface area (Å²) in [5.74, 6) is 0. The van der Waals surface area contributed by atoms with Crippen LogP contribution in [0.4, 0.5) is 0 Å². The van der Waals surface area contributed by atoms with Gasteiger partial charge in [0.15, 0.2) is 0 Å². The number of aromatic nitrogens is 3. The van der Waals surface area contributed by atoms with Gasteiger partial charge in [-0.3, -0.25) is 10.4 Å². The van der Waals surface area contributed by atoms with Gasteiger partial charge >= 0.3 is 0 Å². The first-order chi connectivity index (χ1) is 9.34. The minimum atomic E-state index is 0.379. The first kappa shape index (κ1) is 11.8. The summed E-state index contributed by atoms with van der Waals surface area (Å²) >= 11 is 1.30. The monoisotopic (exact) mass is 266 g/mol. The molecular formula is C14H10N4S.